The van der Waals surface area contributed by atoms with Gasteiger partial charge in [-0.3, -0.25) is 4.79 Å². The van der Waals surface area contributed by atoms with Crippen molar-refractivity contribution in [1.29, 1.82) is 0 Å². The van der Waals surface area contributed by atoms with Crippen LogP contribution in [0.25, 0.3) is 0 Å². The maximum absolute atomic E-state index is 14.2. The van der Waals surface area contributed by atoms with Gasteiger partial charge in [-0.15, -0.1) is 0 Å². The highest BCUT2D eigenvalue weighted by atomic mass is 19.3. The lowest BCUT2D eigenvalue weighted by Crippen LogP contribution is -2.52. The van der Waals surface area contributed by atoms with Crippen LogP contribution in [-0.2, 0) is 4.79 Å². The molecule has 0 aromatic heterocycles. The average Bonchev–Trinajstić information content (AvgIpc) is 2.99. The van der Waals surface area contributed by atoms with Crippen molar-refractivity contribution >= 4 is 5.78 Å². The van der Waals surface area contributed by atoms with Gasteiger partial charge in [-0.25, -0.2) is 0 Å². The van der Waals surface area contributed by atoms with Crippen LogP contribution in [0.5, 0.6) is 0 Å². The Labute approximate surface area is 180 Å². The SMILES string of the molecule is CC(=O)C(F)(F)C[C@@H](C)[C@H]1CC[C@H]2[C@@H]3CC=C4C[C@@](C)(O)CC[C@]4(C)[C@H]3CC[C@]12C. The van der Waals surface area contributed by atoms with Crippen LogP contribution in [0, 0.1) is 40.4 Å². The van der Waals surface area contributed by atoms with E-state index in [1.54, 1.807) is 0 Å². The standard InChI is InChI=1S/C26H40F2O2/c1-16(14-26(27,28)17(2)29)20-8-9-21-19-7-6-18-15-23(3,30)12-13-24(18,4)22(19)10-11-25(20,21)5/h6,16,19-22,30H,7-15H2,1-5H3/t16-,19+,20-,21+,22+,23+,24+,25-/m1/s1. The van der Waals surface area contributed by atoms with Crippen LogP contribution in [0.1, 0.15) is 92.4 Å². The zero-order valence-electron chi connectivity index (χ0n) is 19.4. The first-order chi connectivity index (χ1) is 13.8. The van der Waals surface area contributed by atoms with Gasteiger partial charge in [0, 0.05) is 13.3 Å². The summed E-state index contributed by atoms with van der Waals surface area (Å²) in [5.74, 6) is -2.18. The zero-order valence-corrected chi connectivity index (χ0v) is 19.4. The van der Waals surface area contributed by atoms with E-state index in [2.05, 4.69) is 19.9 Å². The average molecular weight is 423 g/mol. The summed E-state index contributed by atoms with van der Waals surface area (Å²) >= 11 is 0. The van der Waals surface area contributed by atoms with Gasteiger partial charge in [0.2, 0.25) is 0 Å². The van der Waals surface area contributed by atoms with Crippen LogP contribution >= 0.6 is 0 Å². The van der Waals surface area contributed by atoms with Crippen molar-refractivity contribution in [3.63, 3.8) is 0 Å². The van der Waals surface area contributed by atoms with Crippen molar-refractivity contribution in [1.82, 2.24) is 0 Å². The van der Waals surface area contributed by atoms with Crippen molar-refractivity contribution in [2.45, 2.75) is 104 Å². The molecule has 3 fully saturated rings. The topological polar surface area (TPSA) is 37.3 Å². The minimum Gasteiger partial charge on any atom is -0.390 e. The first kappa shape index (κ1) is 22.4. The van der Waals surface area contributed by atoms with Gasteiger partial charge in [-0.05, 0) is 98.7 Å². The summed E-state index contributed by atoms with van der Waals surface area (Å²) in [5, 5.41) is 10.6. The lowest BCUT2D eigenvalue weighted by Gasteiger charge is -2.59. The van der Waals surface area contributed by atoms with E-state index in [1.165, 1.54) is 12.0 Å². The quantitative estimate of drug-likeness (QED) is 0.521. The number of rotatable bonds is 4. The number of ketones is 1. The van der Waals surface area contributed by atoms with Gasteiger partial charge < -0.3 is 5.11 Å². The fraction of sp³-hybridized carbons (Fsp3) is 0.885. The Morgan fingerprint density at radius 3 is 2.53 bits per heavy atom. The minimum absolute atomic E-state index is 0.106. The van der Waals surface area contributed by atoms with Crippen LogP contribution < -0.4 is 0 Å². The second kappa shape index (κ2) is 7.12. The van der Waals surface area contributed by atoms with Gasteiger partial charge in [0.15, 0.2) is 5.78 Å². The number of alkyl halides is 2. The molecule has 0 bridgehead atoms. The van der Waals surface area contributed by atoms with Crippen LogP contribution in [-0.4, -0.2) is 22.4 Å². The highest BCUT2D eigenvalue weighted by molar-refractivity contribution is 5.82. The first-order valence-electron chi connectivity index (χ1n) is 12.1. The summed E-state index contributed by atoms with van der Waals surface area (Å²) in [4.78, 5) is 11.4. The number of fused-ring (bicyclic) bond motifs is 5. The molecule has 2 nitrogen and oxygen atoms in total. The van der Waals surface area contributed by atoms with E-state index in [4.69, 9.17) is 0 Å². The number of carbonyl (C=O) groups excluding carboxylic acids is 1. The Bertz CT molecular complexity index is 741. The third-order valence-corrected chi connectivity index (χ3v) is 10.2. The lowest BCUT2D eigenvalue weighted by atomic mass is 9.46. The van der Waals surface area contributed by atoms with Crippen molar-refractivity contribution in [3.05, 3.63) is 11.6 Å². The largest absolute Gasteiger partial charge is 0.390 e. The molecular weight excluding hydrogens is 382 g/mol. The fourth-order valence-electron chi connectivity index (χ4n) is 8.47. The van der Waals surface area contributed by atoms with E-state index >= 15 is 0 Å². The first-order valence-corrected chi connectivity index (χ1v) is 12.1. The number of aliphatic hydroxyl groups is 1. The summed E-state index contributed by atoms with van der Waals surface area (Å²) in [7, 11) is 0. The van der Waals surface area contributed by atoms with Gasteiger partial charge in [0.1, 0.15) is 0 Å². The maximum atomic E-state index is 14.2. The van der Waals surface area contributed by atoms with E-state index < -0.39 is 17.3 Å². The molecule has 0 aromatic rings. The van der Waals surface area contributed by atoms with Gasteiger partial charge >= 0.3 is 5.92 Å². The Balaban J connectivity index is 1.56. The Morgan fingerprint density at radius 2 is 1.87 bits per heavy atom. The second-order valence-corrected chi connectivity index (χ2v) is 12.1. The molecule has 4 aliphatic rings. The molecule has 8 atom stereocenters. The molecule has 0 saturated heterocycles. The summed E-state index contributed by atoms with van der Waals surface area (Å²) in [5.41, 5.74) is 1.19. The van der Waals surface area contributed by atoms with E-state index in [1.807, 2.05) is 13.8 Å². The number of allylic oxidation sites excluding steroid dienone is 1. The Morgan fingerprint density at radius 1 is 1.17 bits per heavy atom. The molecule has 1 N–H and O–H groups in total. The third kappa shape index (κ3) is 3.40. The smallest absolute Gasteiger partial charge is 0.305 e. The summed E-state index contributed by atoms with van der Waals surface area (Å²) in [6.07, 6.45) is 10.4. The molecule has 4 heteroatoms. The Kier molecular flexibility index (Phi) is 5.32. The molecule has 0 spiro atoms. The van der Waals surface area contributed by atoms with Crippen molar-refractivity contribution in [3.8, 4) is 0 Å². The molecule has 30 heavy (non-hydrogen) atoms. The molecule has 0 amide bonds. The van der Waals surface area contributed by atoms with E-state index in [0.717, 1.165) is 51.9 Å². The maximum Gasteiger partial charge on any atom is 0.305 e. The van der Waals surface area contributed by atoms with Gasteiger partial charge in [0.05, 0.1) is 5.60 Å². The molecule has 4 rings (SSSR count). The Hall–Kier alpha value is -0.770. The van der Waals surface area contributed by atoms with E-state index in [9.17, 15) is 18.7 Å². The predicted molar refractivity (Wildman–Crippen MR) is 115 cm³/mol. The molecule has 0 radical (unpaired) electrons. The van der Waals surface area contributed by atoms with Gasteiger partial charge in [0.25, 0.3) is 0 Å². The highest BCUT2D eigenvalue weighted by Crippen LogP contribution is 2.67. The highest BCUT2D eigenvalue weighted by Gasteiger charge is 2.60. The number of hydrogen-bond donors (Lipinski definition) is 1. The lowest BCUT2D eigenvalue weighted by molar-refractivity contribution is -0.144. The molecule has 0 aromatic carbocycles. The normalized spacial score (nSPS) is 47.0. The molecule has 0 heterocycles. The summed E-state index contributed by atoms with van der Waals surface area (Å²) in [6.45, 7) is 9.73. The number of carbonyl (C=O) groups is 1. The van der Waals surface area contributed by atoms with Crippen molar-refractivity contribution < 1.29 is 18.7 Å². The van der Waals surface area contributed by atoms with Crippen molar-refractivity contribution in [2.75, 3.05) is 0 Å². The van der Waals surface area contributed by atoms with Crippen molar-refractivity contribution in [2.24, 2.45) is 40.4 Å². The minimum atomic E-state index is -3.19. The number of hydrogen-bond acceptors (Lipinski definition) is 2. The fourth-order valence-corrected chi connectivity index (χ4v) is 8.47. The predicted octanol–water partition coefficient (Wildman–Crippen LogP) is 6.57. The van der Waals surface area contributed by atoms with Gasteiger partial charge in [-0.1, -0.05) is 32.4 Å². The van der Waals surface area contributed by atoms with Crippen LogP contribution in [0.2, 0.25) is 0 Å². The molecular formula is C26H40F2O2. The summed E-state index contributed by atoms with van der Waals surface area (Å²) in [6, 6.07) is 0. The van der Waals surface area contributed by atoms with E-state index in [0.29, 0.717) is 17.8 Å². The zero-order chi connectivity index (χ0) is 22.1. The second-order valence-electron chi connectivity index (χ2n) is 12.1. The third-order valence-electron chi connectivity index (χ3n) is 10.2. The molecule has 4 aliphatic carbocycles. The molecule has 0 unspecified atom stereocenters. The van der Waals surface area contributed by atoms with Crippen LogP contribution in [0.3, 0.4) is 0 Å². The molecule has 170 valence electrons. The van der Waals surface area contributed by atoms with Crippen LogP contribution in [0.4, 0.5) is 8.78 Å². The monoisotopic (exact) mass is 422 g/mol. The summed E-state index contributed by atoms with van der Waals surface area (Å²) < 4.78 is 28.4. The molecule has 0 aliphatic heterocycles. The number of halogens is 2. The van der Waals surface area contributed by atoms with Gasteiger partial charge in [-0.2, -0.15) is 8.78 Å². The van der Waals surface area contributed by atoms with Crippen LogP contribution in [0.15, 0.2) is 11.6 Å². The molecule has 3 saturated carbocycles. The number of Topliss-reactive ketones (excluding diaryl/α,β-unsaturated/α-hetero) is 1. The van der Waals surface area contributed by atoms with E-state index in [-0.39, 0.29) is 29.1 Å².